The van der Waals surface area contributed by atoms with Crippen molar-refractivity contribution in [2.75, 3.05) is 19.7 Å². The van der Waals surface area contributed by atoms with Crippen LogP contribution >= 0.6 is 0 Å². The third kappa shape index (κ3) is 3.11. The first-order valence-electron chi connectivity index (χ1n) is 6.34. The second-order valence-corrected chi connectivity index (χ2v) is 6.36. The van der Waals surface area contributed by atoms with Crippen molar-refractivity contribution in [3.05, 3.63) is 23.9 Å². The highest BCUT2D eigenvalue weighted by molar-refractivity contribution is 7.89. The SMILES string of the molecule is CCC1CN(S(=O)(=O)c2ccc(CN)cn2)CCO1. The lowest BCUT2D eigenvalue weighted by Crippen LogP contribution is -2.45. The van der Waals surface area contributed by atoms with E-state index in [-0.39, 0.29) is 11.1 Å². The summed E-state index contributed by atoms with van der Waals surface area (Å²) in [4.78, 5) is 4.00. The van der Waals surface area contributed by atoms with Crippen LogP contribution in [-0.2, 0) is 21.3 Å². The molecular weight excluding hydrogens is 266 g/mol. The van der Waals surface area contributed by atoms with Crippen molar-refractivity contribution in [2.45, 2.75) is 31.0 Å². The molecule has 106 valence electrons. The molecule has 7 heteroatoms. The molecule has 1 unspecified atom stereocenters. The number of sulfonamides is 1. The Morgan fingerprint density at radius 2 is 2.32 bits per heavy atom. The van der Waals surface area contributed by atoms with Gasteiger partial charge in [-0.2, -0.15) is 4.31 Å². The number of ether oxygens (including phenoxy) is 1. The number of rotatable bonds is 4. The van der Waals surface area contributed by atoms with Crippen LogP contribution in [0, 0.1) is 0 Å². The zero-order valence-electron chi connectivity index (χ0n) is 10.9. The Morgan fingerprint density at radius 3 is 2.89 bits per heavy atom. The van der Waals surface area contributed by atoms with Crippen LogP contribution in [0.1, 0.15) is 18.9 Å². The quantitative estimate of drug-likeness (QED) is 0.862. The van der Waals surface area contributed by atoms with E-state index < -0.39 is 10.0 Å². The lowest BCUT2D eigenvalue weighted by molar-refractivity contribution is -0.00284. The number of pyridine rings is 1. The van der Waals surface area contributed by atoms with E-state index >= 15 is 0 Å². The first-order valence-corrected chi connectivity index (χ1v) is 7.78. The van der Waals surface area contributed by atoms with Crippen molar-refractivity contribution < 1.29 is 13.2 Å². The predicted molar refractivity (Wildman–Crippen MR) is 70.9 cm³/mol. The van der Waals surface area contributed by atoms with Crippen molar-refractivity contribution in [1.29, 1.82) is 0 Å². The van der Waals surface area contributed by atoms with Crippen LogP contribution in [0.4, 0.5) is 0 Å². The Kier molecular flexibility index (Phi) is 4.51. The van der Waals surface area contributed by atoms with Crippen LogP contribution in [-0.4, -0.2) is 43.5 Å². The molecule has 0 spiro atoms. The maximum atomic E-state index is 12.4. The third-order valence-electron chi connectivity index (χ3n) is 3.19. The molecule has 1 atom stereocenters. The summed E-state index contributed by atoms with van der Waals surface area (Å²) in [5.74, 6) is 0. The second-order valence-electron chi connectivity index (χ2n) is 4.47. The van der Waals surface area contributed by atoms with Crippen molar-refractivity contribution in [3.63, 3.8) is 0 Å². The third-order valence-corrected chi connectivity index (χ3v) is 4.98. The fraction of sp³-hybridized carbons (Fsp3) is 0.583. The van der Waals surface area contributed by atoms with Gasteiger partial charge in [0.05, 0.1) is 12.7 Å². The van der Waals surface area contributed by atoms with Gasteiger partial charge in [0.2, 0.25) is 0 Å². The van der Waals surface area contributed by atoms with Gasteiger partial charge in [-0.3, -0.25) is 0 Å². The standard InChI is InChI=1S/C12H19N3O3S/c1-2-11-9-15(5-6-18-11)19(16,17)12-4-3-10(7-13)8-14-12/h3-4,8,11H,2,5-7,9,13H2,1H3. The molecule has 2 rings (SSSR count). The highest BCUT2D eigenvalue weighted by atomic mass is 32.2. The van der Waals surface area contributed by atoms with Gasteiger partial charge in [0.1, 0.15) is 0 Å². The molecule has 2 N–H and O–H groups in total. The summed E-state index contributed by atoms with van der Waals surface area (Å²) in [7, 11) is -3.53. The first-order chi connectivity index (χ1) is 9.07. The Hall–Kier alpha value is -1.02. The van der Waals surface area contributed by atoms with Crippen LogP contribution in [0.3, 0.4) is 0 Å². The zero-order valence-corrected chi connectivity index (χ0v) is 11.8. The Bertz CT molecular complexity index is 516. The monoisotopic (exact) mass is 285 g/mol. The molecule has 1 aromatic heterocycles. The van der Waals surface area contributed by atoms with Crippen molar-refractivity contribution in [3.8, 4) is 0 Å². The van der Waals surface area contributed by atoms with E-state index in [9.17, 15) is 8.42 Å². The number of morpholine rings is 1. The van der Waals surface area contributed by atoms with Crippen LogP contribution in [0.15, 0.2) is 23.4 Å². The van der Waals surface area contributed by atoms with E-state index in [0.717, 1.165) is 12.0 Å². The van der Waals surface area contributed by atoms with Crippen LogP contribution < -0.4 is 5.73 Å². The highest BCUT2D eigenvalue weighted by Crippen LogP contribution is 2.18. The second kappa shape index (κ2) is 5.96. The van der Waals surface area contributed by atoms with Gasteiger partial charge >= 0.3 is 0 Å². The molecule has 0 bridgehead atoms. The molecule has 2 heterocycles. The number of nitrogens with zero attached hydrogens (tertiary/aromatic N) is 2. The Morgan fingerprint density at radius 1 is 1.53 bits per heavy atom. The highest BCUT2D eigenvalue weighted by Gasteiger charge is 2.30. The molecule has 19 heavy (non-hydrogen) atoms. The summed E-state index contributed by atoms with van der Waals surface area (Å²) in [6.45, 7) is 3.52. The molecule has 1 fully saturated rings. The Labute approximate surface area is 113 Å². The molecule has 1 aliphatic rings. The average molecular weight is 285 g/mol. The van der Waals surface area contributed by atoms with E-state index in [1.165, 1.54) is 16.6 Å². The summed E-state index contributed by atoms with van der Waals surface area (Å²) in [6, 6.07) is 3.20. The molecule has 6 nitrogen and oxygen atoms in total. The molecule has 0 aromatic carbocycles. The molecule has 1 aromatic rings. The first kappa shape index (κ1) is 14.4. The normalized spacial score (nSPS) is 21.5. The van der Waals surface area contributed by atoms with Gasteiger partial charge in [0.25, 0.3) is 10.0 Å². The number of nitrogens with two attached hydrogens (primary N) is 1. The van der Waals surface area contributed by atoms with Crippen molar-refractivity contribution in [2.24, 2.45) is 5.73 Å². The molecule has 0 radical (unpaired) electrons. The summed E-state index contributed by atoms with van der Waals surface area (Å²) in [6.07, 6.45) is 2.27. The van der Waals surface area contributed by atoms with Crippen LogP contribution in [0.2, 0.25) is 0 Å². The summed E-state index contributed by atoms with van der Waals surface area (Å²) in [5.41, 5.74) is 6.28. The van der Waals surface area contributed by atoms with Gasteiger partial charge in [-0.15, -0.1) is 0 Å². The van der Waals surface area contributed by atoms with E-state index in [0.29, 0.717) is 26.2 Å². The Balaban J connectivity index is 2.20. The summed E-state index contributed by atoms with van der Waals surface area (Å²) in [5, 5.41) is 0.0708. The fourth-order valence-corrected chi connectivity index (χ4v) is 3.34. The molecule has 0 amide bonds. The largest absolute Gasteiger partial charge is 0.375 e. The minimum atomic E-state index is -3.53. The molecule has 1 saturated heterocycles. The predicted octanol–water partition coefficient (Wildman–Crippen LogP) is 0.340. The topological polar surface area (TPSA) is 85.5 Å². The maximum absolute atomic E-state index is 12.4. The van der Waals surface area contributed by atoms with Crippen LogP contribution in [0.25, 0.3) is 0 Å². The van der Waals surface area contributed by atoms with Crippen molar-refractivity contribution in [1.82, 2.24) is 9.29 Å². The van der Waals surface area contributed by atoms with Gasteiger partial charge < -0.3 is 10.5 Å². The fourth-order valence-electron chi connectivity index (χ4n) is 1.97. The summed E-state index contributed by atoms with van der Waals surface area (Å²) >= 11 is 0. The van der Waals surface area contributed by atoms with E-state index in [4.69, 9.17) is 10.5 Å². The lowest BCUT2D eigenvalue weighted by Gasteiger charge is -2.31. The van der Waals surface area contributed by atoms with Gasteiger partial charge in [0, 0.05) is 25.8 Å². The van der Waals surface area contributed by atoms with Gasteiger partial charge in [-0.1, -0.05) is 13.0 Å². The minimum absolute atomic E-state index is 0.0353. The van der Waals surface area contributed by atoms with Crippen molar-refractivity contribution >= 4 is 10.0 Å². The number of hydrogen-bond donors (Lipinski definition) is 1. The number of aromatic nitrogens is 1. The van der Waals surface area contributed by atoms with E-state index in [2.05, 4.69) is 4.98 Å². The minimum Gasteiger partial charge on any atom is -0.375 e. The molecular formula is C12H19N3O3S. The van der Waals surface area contributed by atoms with Gasteiger partial charge in [-0.05, 0) is 18.1 Å². The zero-order chi connectivity index (χ0) is 13.9. The average Bonchev–Trinajstić information content (AvgIpc) is 2.47. The van der Waals surface area contributed by atoms with E-state index in [1.807, 2.05) is 6.92 Å². The lowest BCUT2D eigenvalue weighted by atomic mass is 10.2. The molecule has 0 saturated carbocycles. The maximum Gasteiger partial charge on any atom is 0.260 e. The molecule has 1 aliphatic heterocycles. The van der Waals surface area contributed by atoms with E-state index in [1.54, 1.807) is 6.07 Å². The summed E-state index contributed by atoms with van der Waals surface area (Å²) < 4.78 is 31.8. The van der Waals surface area contributed by atoms with Crippen LogP contribution in [0.5, 0.6) is 0 Å². The van der Waals surface area contributed by atoms with Gasteiger partial charge in [0.15, 0.2) is 5.03 Å². The van der Waals surface area contributed by atoms with Gasteiger partial charge in [-0.25, -0.2) is 13.4 Å². The number of hydrogen-bond acceptors (Lipinski definition) is 5. The smallest absolute Gasteiger partial charge is 0.260 e. The molecule has 0 aliphatic carbocycles.